The monoisotopic (exact) mass is 564 g/mol. The van der Waals surface area contributed by atoms with Gasteiger partial charge in [0.2, 0.25) is 0 Å². The molecule has 2 nitrogen and oxygen atoms in total. The number of hydrogen-bond acceptors (Lipinski definition) is 0. The molecular formula is C39H40N2Si. The molecule has 7 rings (SSSR count). The minimum atomic E-state index is -1.80. The van der Waals surface area contributed by atoms with Gasteiger partial charge in [0.25, 0.3) is 0 Å². The van der Waals surface area contributed by atoms with Crippen LogP contribution in [0.15, 0.2) is 115 Å². The highest BCUT2D eigenvalue weighted by Crippen LogP contribution is 2.42. The van der Waals surface area contributed by atoms with E-state index >= 15 is 0 Å². The van der Waals surface area contributed by atoms with E-state index in [1.54, 1.807) is 5.19 Å². The molecule has 0 spiro atoms. The lowest BCUT2D eigenvalue weighted by Crippen LogP contribution is -2.55. The number of aromatic nitrogens is 2. The zero-order chi connectivity index (χ0) is 29.2. The third kappa shape index (κ3) is 3.76. The van der Waals surface area contributed by atoms with E-state index in [1.165, 1.54) is 55.0 Å². The normalized spacial score (nSPS) is 12.7. The number of hydrogen-bond donors (Lipinski definition) is 0. The van der Waals surface area contributed by atoms with Crippen LogP contribution in [0.3, 0.4) is 0 Å². The molecule has 0 N–H and O–H groups in total. The van der Waals surface area contributed by atoms with E-state index in [0.717, 1.165) is 0 Å². The van der Waals surface area contributed by atoms with Crippen LogP contribution >= 0.6 is 0 Å². The second-order valence-electron chi connectivity index (χ2n) is 12.9. The molecule has 0 aliphatic carbocycles. The summed E-state index contributed by atoms with van der Waals surface area (Å²) in [6.45, 7) is 14.7. The van der Waals surface area contributed by atoms with Crippen molar-refractivity contribution in [2.75, 3.05) is 0 Å². The van der Waals surface area contributed by atoms with E-state index < -0.39 is 8.07 Å². The van der Waals surface area contributed by atoms with Crippen LogP contribution in [0.25, 0.3) is 55.0 Å². The lowest BCUT2D eigenvalue weighted by atomic mass is 10.1. The zero-order valence-electron chi connectivity index (χ0n) is 25.6. The average Bonchev–Trinajstić information content (AvgIpc) is 3.50. The zero-order valence-corrected chi connectivity index (χ0v) is 26.6. The van der Waals surface area contributed by atoms with Gasteiger partial charge in [-0.2, -0.15) is 0 Å². The molecule has 0 bridgehead atoms. The Balaban J connectivity index is 1.49. The van der Waals surface area contributed by atoms with Gasteiger partial charge in [-0.1, -0.05) is 113 Å². The minimum Gasteiger partial charge on any atom is -0.309 e. The molecule has 3 heteroatoms. The van der Waals surface area contributed by atoms with Gasteiger partial charge in [-0.05, 0) is 65.2 Å². The van der Waals surface area contributed by atoms with Crippen LogP contribution in [0, 0.1) is 0 Å². The van der Waals surface area contributed by atoms with Crippen molar-refractivity contribution in [3.63, 3.8) is 0 Å². The molecule has 0 atom stereocenters. The lowest BCUT2D eigenvalue weighted by molar-refractivity contribution is 0.835. The second-order valence-corrected chi connectivity index (χ2v) is 18.8. The van der Waals surface area contributed by atoms with E-state index in [4.69, 9.17) is 0 Å². The van der Waals surface area contributed by atoms with Crippen molar-refractivity contribution in [2.24, 2.45) is 0 Å². The Morgan fingerprint density at radius 1 is 0.405 bits per heavy atom. The molecule has 2 aromatic heterocycles. The summed E-state index contributed by atoms with van der Waals surface area (Å²) in [4.78, 5) is 0. The van der Waals surface area contributed by atoms with Crippen LogP contribution in [-0.2, 0) is 0 Å². The Morgan fingerprint density at radius 2 is 0.833 bits per heavy atom. The highest BCUT2D eigenvalue weighted by molar-refractivity contribution is 6.95. The van der Waals surface area contributed by atoms with Gasteiger partial charge >= 0.3 is 0 Å². The molecule has 42 heavy (non-hydrogen) atoms. The molecule has 5 aromatic carbocycles. The smallest absolute Gasteiger partial charge is 0.0943 e. The molecule has 0 aliphatic heterocycles. The summed E-state index contributed by atoms with van der Waals surface area (Å²) in [5.74, 6) is 0. The summed E-state index contributed by atoms with van der Waals surface area (Å²) < 4.78 is 4.91. The maximum atomic E-state index is 2.53. The van der Waals surface area contributed by atoms with Crippen LogP contribution < -0.4 is 5.19 Å². The van der Waals surface area contributed by atoms with Crippen LogP contribution in [0.4, 0.5) is 0 Å². The van der Waals surface area contributed by atoms with E-state index in [9.17, 15) is 0 Å². The van der Waals surface area contributed by atoms with Gasteiger partial charge in [-0.15, -0.1) is 0 Å². The highest BCUT2D eigenvalue weighted by atomic mass is 28.3. The maximum Gasteiger partial charge on any atom is 0.0943 e. The largest absolute Gasteiger partial charge is 0.309 e. The summed E-state index contributed by atoms with van der Waals surface area (Å²) >= 11 is 0. The number of rotatable bonds is 6. The summed E-state index contributed by atoms with van der Waals surface area (Å²) in [5.41, 5.74) is 9.46. The molecule has 0 amide bonds. The van der Waals surface area contributed by atoms with Crippen molar-refractivity contribution in [2.45, 2.75) is 58.2 Å². The number of fused-ring (bicyclic) bond motifs is 6. The van der Waals surface area contributed by atoms with Gasteiger partial charge in [0.1, 0.15) is 0 Å². The summed E-state index contributed by atoms with van der Waals surface area (Å²) in [6, 6.07) is 43.0. The lowest BCUT2D eigenvalue weighted by Gasteiger charge is -2.44. The number of para-hydroxylation sites is 3. The predicted octanol–water partition coefficient (Wildman–Crippen LogP) is 10.8. The van der Waals surface area contributed by atoms with Crippen molar-refractivity contribution >= 4 is 56.9 Å². The molecule has 7 aromatic rings. The van der Waals surface area contributed by atoms with Crippen molar-refractivity contribution in [1.82, 2.24) is 9.13 Å². The summed E-state index contributed by atoms with van der Waals surface area (Å²) in [6.07, 6.45) is 0. The highest BCUT2D eigenvalue weighted by Gasteiger charge is 2.44. The molecule has 0 unspecified atom stereocenters. The van der Waals surface area contributed by atoms with E-state index in [0.29, 0.717) is 16.6 Å². The van der Waals surface area contributed by atoms with Crippen molar-refractivity contribution in [3.05, 3.63) is 115 Å². The Hall–Kier alpha value is -4.08. The minimum absolute atomic E-state index is 0.666. The molecule has 0 fully saturated rings. The number of nitrogens with zero attached hydrogens (tertiary/aromatic N) is 2. The SMILES string of the molecule is CC(C)[Si](c1cccc(-n2c3ccccc3c3cc(-n4c5ccccc5c5ccccc54)ccc32)c1)(C(C)C)C(C)C. The fraction of sp³-hybridized carbons (Fsp3) is 0.231. The Morgan fingerprint density at radius 3 is 1.33 bits per heavy atom. The van der Waals surface area contributed by atoms with Gasteiger partial charge in [-0.3, -0.25) is 0 Å². The summed E-state index contributed by atoms with van der Waals surface area (Å²) in [7, 11) is -1.80. The van der Waals surface area contributed by atoms with Gasteiger partial charge < -0.3 is 9.13 Å². The predicted molar refractivity (Wildman–Crippen MR) is 186 cm³/mol. The quantitative estimate of drug-likeness (QED) is 0.178. The molecule has 210 valence electrons. The van der Waals surface area contributed by atoms with Crippen LogP contribution in [0.2, 0.25) is 16.6 Å². The Bertz CT molecular complexity index is 2010. The first kappa shape index (κ1) is 26.8. The van der Waals surface area contributed by atoms with Crippen molar-refractivity contribution in [3.8, 4) is 11.4 Å². The van der Waals surface area contributed by atoms with Crippen LogP contribution in [-0.4, -0.2) is 17.2 Å². The average molecular weight is 565 g/mol. The number of benzene rings is 5. The Kier molecular flexibility index (Phi) is 6.40. The fourth-order valence-corrected chi connectivity index (χ4v) is 15.3. The van der Waals surface area contributed by atoms with Gasteiger partial charge in [0.15, 0.2) is 0 Å². The standard InChI is InChI=1S/C39H40N2Si/c1-26(2)42(27(3)4,28(5)6)31-15-13-14-29(24-31)40-38-21-12-9-18-34(38)35-25-30(22-23-39(35)40)41-36-19-10-7-16-32(36)33-17-8-11-20-37(33)41/h7-28H,1-6H3. The first-order valence-electron chi connectivity index (χ1n) is 15.5. The molecule has 0 aliphatic rings. The first-order chi connectivity index (χ1) is 20.3. The van der Waals surface area contributed by atoms with E-state index in [1.807, 2.05) is 0 Å². The topological polar surface area (TPSA) is 9.86 Å². The molecule has 0 radical (unpaired) electrons. The first-order valence-corrected chi connectivity index (χ1v) is 17.7. The van der Waals surface area contributed by atoms with Gasteiger partial charge in [0, 0.05) is 32.9 Å². The second kappa shape index (κ2) is 10.0. The molecular weight excluding hydrogens is 525 g/mol. The van der Waals surface area contributed by atoms with Gasteiger partial charge in [0.05, 0.1) is 30.1 Å². The molecule has 0 saturated heterocycles. The van der Waals surface area contributed by atoms with Crippen molar-refractivity contribution in [1.29, 1.82) is 0 Å². The van der Waals surface area contributed by atoms with E-state index in [2.05, 4.69) is 166 Å². The maximum absolute atomic E-state index is 2.53. The fourth-order valence-electron chi connectivity index (χ4n) is 8.49. The van der Waals surface area contributed by atoms with E-state index in [-0.39, 0.29) is 0 Å². The van der Waals surface area contributed by atoms with Gasteiger partial charge in [-0.25, -0.2) is 0 Å². The molecule has 0 saturated carbocycles. The summed E-state index contributed by atoms with van der Waals surface area (Å²) in [5, 5.41) is 6.74. The van der Waals surface area contributed by atoms with Crippen molar-refractivity contribution < 1.29 is 0 Å². The third-order valence-corrected chi connectivity index (χ3v) is 17.0. The Labute approximate surface area is 250 Å². The molecule has 2 heterocycles. The third-order valence-electron chi connectivity index (χ3n) is 9.96. The van der Waals surface area contributed by atoms with Crippen LogP contribution in [0.1, 0.15) is 41.5 Å². The van der Waals surface area contributed by atoms with Crippen LogP contribution in [0.5, 0.6) is 0 Å².